The van der Waals surface area contributed by atoms with E-state index in [-0.39, 0.29) is 11.7 Å². The van der Waals surface area contributed by atoms with Gasteiger partial charge in [-0.25, -0.2) is 0 Å². The van der Waals surface area contributed by atoms with Gasteiger partial charge < -0.3 is 20.5 Å². The first-order chi connectivity index (χ1) is 10.8. The van der Waals surface area contributed by atoms with Crippen LogP contribution in [0.15, 0.2) is 29.3 Å². The summed E-state index contributed by atoms with van der Waals surface area (Å²) in [7, 11) is 0. The Balaban J connectivity index is 1.84. The van der Waals surface area contributed by atoms with Crippen molar-refractivity contribution in [3.05, 3.63) is 24.3 Å². The number of hydrogen-bond donors (Lipinski definition) is 2. The fourth-order valence-electron chi connectivity index (χ4n) is 2.82. The Morgan fingerprint density at radius 2 is 2.09 bits per heavy atom. The first-order valence-electron chi connectivity index (χ1n) is 8.32. The minimum Gasteiger partial charge on any atom is -0.491 e. The smallest absolute Gasteiger partial charge is 0.193 e. The average molecular weight is 319 g/mol. The molecule has 1 saturated heterocycles. The number of nitrogens with one attached hydrogen (secondary N) is 1. The molecule has 1 aliphatic rings. The standard InChI is InChI=1S/C18H29N3O2/c1-13(2)23-16-7-5-15(6-8-16)21-17(19)20-12-14-9-10-22-18(3,4)11-14/h5-8,13-14H,9-12H2,1-4H3,(H3,19,20,21). The minimum atomic E-state index is -0.0487. The third-order valence-electron chi connectivity index (χ3n) is 3.82. The van der Waals surface area contributed by atoms with Gasteiger partial charge in [0.1, 0.15) is 5.75 Å². The van der Waals surface area contributed by atoms with E-state index in [0.29, 0.717) is 11.9 Å². The van der Waals surface area contributed by atoms with Gasteiger partial charge in [0.05, 0.1) is 11.7 Å². The summed E-state index contributed by atoms with van der Waals surface area (Å²) in [6.07, 6.45) is 2.23. The molecule has 23 heavy (non-hydrogen) atoms. The van der Waals surface area contributed by atoms with Gasteiger partial charge in [-0.15, -0.1) is 0 Å². The highest BCUT2D eigenvalue weighted by Gasteiger charge is 2.28. The van der Waals surface area contributed by atoms with E-state index in [1.807, 2.05) is 38.1 Å². The second kappa shape index (κ2) is 7.68. The molecule has 0 aromatic heterocycles. The maximum Gasteiger partial charge on any atom is 0.193 e. The zero-order valence-electron chi connectivity index (χ0n) is 14.6. The van der Waals surface area contributed by atoms with Gasteiger partial charge in [-0.1, -0.05) is 0 Å². The summed E-state index contributed by atoms with van der Waals surface area (Å²) in [5.74, 6) is 1.83. The molecular formula is C18H29N3O2. The topological polar surface area (TPSA) is 68.9 Å². The van der Waals surface area contributed by atoms with Crippen molar-refractivity contribution in [2.75, 3.05) is 18.5 Å². The van der Waals surface area contributed by atoms with Crippen LogP contribution >= 0.6 is 0 Å². The molecule has 3 N–H and O–H groups in total. The summed E-state index contributed by atoms with van der Waals surface area (Å²) in [5, 5.41) is 3.12. The van der Waals surface area contributed by atoms with E-state index in [4.69, 9.17) is 15.2 Å². The summed E-state index contributed by atoms with van der Waals surface area (Å²) in [6.45, 7) is 9.82. The fraction of sp³-hybridized carbons (Fsp3) is 0.611. The molecule has 0 saturated carbocycles. The van der Waals surface area contributed by atoms with E-state index in [0.717, 1.165) is 37.4 Å². The summed E-state index contributed by atoms with van der Waals surface area (Å²) in [5.41, 5.74) is 6.85. The molecule has 2 rings (SSSR count). The number of guanidine groups is 1. The van der Waals surface area contributed by atoms with Crippen LogP contribution in [0.4, 0.5) is 5.69 Å². The highest BCUT2D eigenvalue weighted by Crippen LogP contribution is 2.28. The van der Waals surface area contributed by atoms with E-state index in [1.54, 1.807) is 0 Å². The summed E-state index contributed by atoms with van der Waals surface area (Å²) in [4.78, 5) is 4.48. The lowest BCUT2D eigenvalue weighted by Crippen LogP contribution is -2.35. The fourth-order valence-corrected chi connectivity index (χ4v) is 2.82. The molecule has 0 amide bonds. The molecule has 1 fully saturated rings. The van der Waals surface area contributed by atoms with Gasteiger partial charge in [0.15, 0.2) is 5.96 Å². The van der Waals surface area contributed by atoms with Crippen molar-refractivity contribution in [2.24, 2.45) is 16.6 Å². The van der Waals surface area contributed by atoms with Crippen LogP contribution in [0.25, 0.3) is 0 Å². The second-order valence-electron chi connectivity index (χ2n) is 7.01. The molecule has 1 heterocycles. The van der Waals surface area contributed by atoms with Crippen molar-refractivity contribution in [1.82, 2.24) is 0 Å². The predicted molar refractivity (Wildman–Crippen MR) is 95.1 cm³/mol. The van der Waals surface area contributed by atoms with Crippen LogP contribution in [0, 0.1) is 5.92 Å². The molecule has 5 nitrogen and oxygen atoms in total. The molecular weight excluding hydrogens is 290 g/mol. The van der Waals surface area contributed by atoms with Crippen LogP contribution in [-0.2, 0) is 4.74 Å². The number of aliphatic imine (C=N–C) groups is 1. The Bertz CT molecular complexity index is 524. The highest BCUT2D eigenvalue weighted by atomic mass is 16.5. The lowest BCUT2D eigenvalue weighted by molar-refractivity contribution is -0.0705. The number of anilines is 1. The maximum atomic E-state index is 5.99. The molecule has 0 bridgehead atoms. The largest absolute Gasteiger partial charge is 0.491 e. The molecule has 1 aromatic rings. The van der Waals surface area contributed by atoms with Gasteiger partial charge >= 0.3 is 0 Å². The third-order valence-corrected chi connectivity index (χ3v) is 3.82. The average Bonchev–Trinajstić information content (AvgIpc) is 2.46. The normalized spacial score (nSPS) is 21.3. The van der Waals surface area contributed by atoms with Crippen LogP contribution in [-0.4, -0.2) is 30.8 Å². The van der Waals surface area contributed by atoms with E-state index in [9.17, 15) is 0 Å². The number of benzene rings is 1. The zero-order chi connectivity index (χ0) is 16.9. The lowest BCUT2D eigenvalue weighted by Gasteiger charge is -2.34. The molecule has 1 aliphatic heterocycles. The molecule has 0 aliphatic carbocycles. The molecule has 0 radical (unpaired) electrons. The predicted octanol–water partition coefficient (Wildman–Crippen LogP) is 3.41. The lowest BCUT2D eigenvalue weighted by atomic mass is 9.88. The number of nitrogens with two attached hydrogens (primary N) is 1. The number of hydrogen-bond acceptors (Lipinski definition) is 3. The Labute approximate surface area is 139 Å². The van der Waals surface area contributed by atoms with Gasteiger partial charge in [0.25, 0.3) is 0 Å². The van der Waals surface area contributed by atoms with Gasteiger partial charge in [-0.3, -0.25) is 4.99 Å². The minimum absolute atomic E-state index is 0.0487. The Morgan fingerprint density at radius 1 is 1.39 bits per heavy atom. The van der Waals surface area contributed by atoms with Gasteiger partial charge in [0, 0.05) is 18.8 Å². The maximum absolute atomic E-state index is 5.99. The van der Waals surface area contributed by atoms with Crippen LogP contribution in [0.2, 0.25) is 0 Å². The zero-order valence-corrected chi connectivity index (χ0v) is 14.6. The first-order valence-corrected chi connectivity index (χ1v) is 8.32. The van der Waals surface area contributed by atoms with E-state index >= 15 is 0 Å². The number of ether oxygens (including phenoxy) is 2. The van der Waals surface area contributed by atoms with Crippen molar-refractivity contribution in [1.29, 1.82) is 0 Å². The van der Waals surface area contributed by atoms with Crippen LogP contribution in [0.5, 0.6) is 5.75 Å². The van der Waals surface area contributed by atoms with E-state index < -0.39 is 0 Å². The Morgan fingerprint density at radius 3 is 2.70 bits per heavy atom. The monoisotopic (exact) mass is 319 g/mol. The van der Waals surface area contributed by atoms with Gasteiger partial charge in [-0.2, -0.15) is 0 Å². The summed E-state index contributed by atoms with van der Waals surface area (Å²) in [6, 6.07) is 7.74. The van der Waals surface area contributed by atoms with E-state index in [1.165, 1.54) is 0 Å². The van der Waals surface area contributed by atoms with Gasteiger partial charge in [-0.05, 0) is 70.7 Å². The molecule has 1 unspecified atom stereocenters. The molecule has 0 spiro atoms. The Kier molecular flexibility index (Phi) is 5.88. The first kappa shape index (κ1) is 17.6. The van der Waals surface area contributed by atoms with Crippen LogP contribution in [0.1, 0.15) is 40.5 Å². The summed E-state index contributed by atoms with van der Waals surface area (Å²) < 4.78 is 11.3. The number of nitrogens with zero attached hydrogens (tertiary/aromatic N) is 1. The van der Waals surface area contributed by atoms with Crippen molar-refractivity contribution in [2.45, 2.75) is 52.2 Å². The SMILES string of the molecule is CC(C)Oc1ccc(NC(N)=NCC2CCOC(C)(C)C2)cc1. The van der Waals surface area contributed by atoms with Crippen molar-refractivity contribution < 1.29 is 9.47 Å². The highest BCUT2D eigenvalue weighted by molar-refractivity contribution is 5.92. The Hall–Kier alpha value is -1.75. The van der Waals surface area contributed by atoms with Gasteiger partial charge in [0.2, 0.25) is 0 Å². The van der Waals surface area contributed by atoms with Crippen LogP contribution < -0.4 is 15.8 Å². The second-order valence-corrected chi connectivity index (χ2v) is 7.01. The van der Waals surface area contributed by atoms with Crippen molar-refractivity contribution in [3.8, 4) is 5.75 Å². The molecule has 1 aromatic carbocycles. The molecule has 128 valence electrons. The molecule has 1 atom stereocenters. The molecule has 5 heteroatoms. The van der Waals surface area contributed by atoms with Crippen molar-refractivity contribution in [3.63, 3.8) is 0 Å². The number of rotatable bonds is 5. The van der Waals surface area contributed by atoms with Crippen LogP contribution in [0.3, 0.4) is 0 Å². The van der Waals surface area contributed by atoms with E-state index in [2.05, 4.69) is 24.2 Å². The summed E-state index contributed by atoms with van der Waals surface area (Å²) >= 11 is 0. The third kappa shape index (κ3) is 6.10. The van der Waals surface area contributed by atoms with Crippen molar-refractivity contribution >= 4 is 11.6 Å². The quantitative estimate of drug-likeness (QED) is 0.644.